The van der Waals surface area contributed by atoms with Crippen molar-refractivity contribution >= 4 is 65.0 Å². The van der Waals surface area contributed by atoms with Gasteiger partial charge in [0, 0.05) is 44.9 Å². The molecule has 0 saturated heterocycles. The Balaban J connectivity index is 1.10. The van der Waals surface area contributed by atoms with E-state index in [1.807, 2.05) is 24.5 Å². The van der Waals surface area contributed by atoms with Crippen LogP contribution in [0, 0.1) is 0 Å². The van der Waals surface area contributed by atoms with E-state index in [9.17, 15) is 0 Å². The molecule has 48 heavy (non-hydrogen) atoms. The van der Waals surface area contributed by atoms with Crippen molar-refractivity contribution < 1.29 is 0 Å². The molecule has 3 heteroatoms. The molecule has 0 atom stereocenters. The highest BCUT2D eigenvalue weighted by molar-refractivity contribution is 6.33. The topological polar surface area (TPSA) is 38.7 Å². The van der Waals surface area contributed by atoms with Crippen molar-refractivity contribution in [2.45, 2.75) is 0 Å². The Hall–Kier alpha value is -6.45. The molecule has 0 saturated carbocycles. The summed E-state index contributed by atoms with van der Waals surface area (Å²) in [6.07, 6.45) is 3.67. The van der Waals surface area contributed by atoms with Crippen LogP contribution in [0.3, 0.4) is 0 Å². The third-order valence-electron chi connectivity index (χ3n) is 9.72. The van der Waals surface area contributed by atoms with E-state index in [1.54, 1.807) is 0 Å². The number of pyridine rings is 3. The molecule has 3 nitrogen and oxygen atoms in total. The second-order valence-corrected chi connectivity index (χ2v) is 12.4. The minimum atomic E-state index is 0.931. The fraction of sp³-hybridized carbons (Fsp3) is 0. The van der Waals surface area contributed by atoms with Crippen molar-refractivity contribution in [3.05, 3.63) is 164 Å². The maximum absolute atomic E-state index is 5.32. The summed E-state index contributed by atoms with van der Waals surface area (Å²) in [5.41, 5.74) is 9.65. The average molecular weight is 610 g/mol. The first-order valence-electron chi connectivity index (χ1n) is 16.3. The van der Waals surface area contributed by atoms with Crippen LogP contribution in [0.4, 0.5) is 0 Å². The smallest absolute Gasteiger partial charge is 0.0970 e. The first-order chi connectivity index (χ1) is 23.8. The number of hydrogen-bond donors (Lipinski definition) is 0. The molecule has 0 amide bonds. The molecule has 0 spiro atoms. The zero-order valence-corrected chi connectivity index (χ0v) is 25.9. The fourth-order valence-electron chi connectivity index (χ4n) is 7.51. The number of benzene rings is 7. The molecule has 0 bridgehead atoms. The van der Waals surface area contributed by atoms with Gasteiger partial charge in [-0.15, -0.1) is 0 Å². The Morgan fingerprint density at radius 1 is 0.354 bits per heavy atom. The average Bonchev–Trinajstić information content (AvgIpc) is 3.17. The molecule has 3 heterocycles. The van der Waals surface area contributed by atoms with E-state index >= 15 is 0 Å². The number of nitrogens with zero attached hydrogens (tertiary/aromatic N) is 3. The molecule has 0 aliphatic carbocycles. The van der Waals surface area contributed by atoms with Crippen LogP contribution >= 0.6 is 0 Å². The molecule has 3 aromatic heterocycles. The molecule has 10 rings (SSSR count). The van der Waals surface area contributed by atoms with Crippen molar-refractivity contribution in [3.63, 3.8) is 0 Å². The predicted octanol–water partition coefficient (Wildman–Crippen LogP) is 11.8. The summed E-state index contributed by atoms with van der Waals surface area (Å²) in [7, 11) is 0. The quantitative estimate of drug-likeness (QED) is 0.187. The molecule has 7 aromatic carbocycles. The Morgan fingerprint density at radius 2 is 0.875 bits per heavy atom. The molecule has 0 aliphatic heterocycles. The summed E-state index contributed by atoms with van der Waals surface area (Å²) >= 11 is 0. The van der Waals surface area contributed by atoms with E-state index in [4.69, 9.17) is 9.97 Å². The highest BCUT2D eigenvalue weighted by Gasteiger charge is 2.17. The molecule has 10 aromatic rings. The molecule has 222 valence electrons. The normalized spacial score (nSPS) is 11.8. The van der Waals surface area contributed by atoms with Gasteiger partial charge >= 0.3 is 0 Å². The lowest BCUT2D eigenvalue weighted by Crippen LogP contribution is -1.93. The molecule has 0 aliphatic rings. The third-order valence-corrected chi connectivity index (χ3v) is 9.72. The van der Waals surface area contributed by atoms with Crippen LogP contribution in [-0.2, 0) is 0 Å². The predicted molar refractivity (Wildman–Crippen MR) is 201 cm³/mol. The minimum absolute atomic E-state index is 0.931. The Kier molecular flexibility index (Phi) is 5.87. The second-order valence-electron chi connectivity index (χ2n) is 12.4. The van der Waals surface area contributed by atoms with Gasteiger partial charge in [0.2, 0.25) is 0 Å². The van der Waals surface area contributed by atoms with Gasteiger partial charge < -0.3 is 0 Å². The van der Waals surface area contributed by atoms with Crippen molar-refractivity contribution in [1.29, 1.82) is 0 Å². The van der Waals surface area contributed by atoms with Gasteiger partial charge in [-0.2, -0.15) is 0 Å². The summed E-state index contributed by atoms with van der Waals surface area (Å²) in [6.45, 7) is 0. The lowest BCUT2D eigenvalue weighted by Gasteiger charge is -2.16. The van der Waals surface area contributed by atoms with E-state index in [1.165, 1.54) is 48.8 Å². The molecule has 0 unspecified atom stereocenters. The van der Waals surface area contributed by atoms with Gasteiger partial charge in [0.15, 0.2) is 0 Å². The number of aromatic nitrogens is 3. The van der Waals surface area contributed by atoms with E-state index in [-0.39, 0.29) is 0 Å². The van der Waals surface area contributed by atoms with Gasteiger partial charge in [-0.05, 0) is 68.1 Å². The standard InChI is InChI=1S/C45H27N3/c1-3-12-35-33(10-1)34-11-2-4-13-36(34)42-41(35)38-14-5-6-16-40(38)48-43(42)31-23-19-29(20-24-31)28-17-21-30(22-18-28)39-27-32-9-7-25-46-44(32)45-37(39)15-8-26-47-45/h1-27H. The summed E-state index contributed by atoms with van der Waals surface area (Å²) in [5, 5.41) is 10.9. The zero-order valence-electron chi connectivity index (χ0n) is 25.9. The first-order valence-corrected chi connectivity index (χ1v) is 16.3. The minimum Gasteiger partial charge on any atom is -0.254 e. The molecular weight excluding hydrogens is 583 g/mol. The lowest BCUT2D eigenvalue weighted by molar-refractivity contribution is 1.37. The van der Waals surface area contributed by atoms with Crippen LogP contribution in [0.25, 0.3) is 98.5 Å². The maximum Gasteiger partial charge on any atom is 0.0970 e. The summed E-state index contributed by atoms with van der Waals surface area (Å²) in [4.78, 5) is 14.6. The number of fused-ring (bicyclic) bond motifs is 11. The highest BCUT2D eigenvalue weighted by Crippen LogP contribution is 2.43. The van der Waals surface area contributed by atoms with E-state index in [0.717, 1.165) is 49.7 Å². The second kappa shape index (κ2) is 10.5. The monoisotopic (exact) mass is 609 g/mol. The third kappa shape index (κ3) is 4.04. The van der Waals surface area contributed by atoms with Gasteiger partial charge in [0.1, 0.15) is 0 Å². The van der Waals surface area contributed by atoms with Gasteiger partial charge in [0.25, 0.3) is 0 Å². The number of para-hydroxylation sites is 1. The van der Waals surface area contributed by atoms with Crippen LogP contribution in [0.2, 0.25) is 0 Å². The summed E-state index contributed by atoms with van der Waals surface area (Å²) in [5.74, 6) is 0. The lowest BCUT2D eigenvalue weighted by atomic mass is 9.89. The highest BCUT2D eigenvalue weighted by atomic mass is 14.7. The van der Waals surface area contributed by atoms with E-state index in [0.29, 0.717) is 0 Å². The molecule has 0 N–H and O–H groups in total. The van der Waals surface area contributed by atoms with E-state index < -0.39 is 0 Å². The van der Waals surface area contributed by atoms with Crippen molar-refractivity contribution in [2.75, 3.05) is 0 Å². The SMILES string of the molecule is c1cnc2c(c1)cc(-c1ccc(-c3ccc(-c4nc5ccccc5c5c6ccccc6c6ccccc6c45)cc3)cc1)c1cccnc12. The Bertz CT molecular complexity index is 2870. The first kappa shape index (κ1) is 26.7. The molecule has 0 radical (unpaired) electrons. The van der Waals surface area contributed by atoms with E-state index in [2.05, 4.69) is 145 Å². The van der Waals surface area contributed by atoms with Crippen LogP contribution in [0.1, 0.15) is 0 Å². The number of rotatable bonds is 3. The summed E-state index contributed by atoms with van der Waals surface area (Å²) < 4.78 is 0. The van der Waals surface area contributed by atoms with Crippen LogP contribution in [0.5, 0.6) is 0 Å². The number of hydrogen-bond acceptors (Lipinski definition) is 3. The Morgan fingerprint density at radius 3 is 1.58 bits per heavy atom. The van der Waals surface area contributed by atoms with Gasteiger partial charge in [-0.25, -0.2) is 4.98 Å². The summed E-state index contributed by atoms with van der Waals surface area (Å²) in [6, 6.07) is 54.2. The van der Waals surface area contributed by atoms with Gasteiger partial charge in [-0.3, -0.25) is 9.97 Å². The largest absolute Gasteiger partial charge is 0.254 e. The fourth-order valence-corrected chi connectivity index (χ4v) is 7.51. The van der Waals surface area contributed by atoms with Crippen molar-refractivity contribution in [3.8, 4) is 33.5 Å². The van der Waals surface area contributed by atoms with Crippen LogP contribution in [-0.4, -0.2) is 15.0 Å². The van der Waals surface area contributed by atoms with Gasteiger partial charge in [0.05, 0.1) is 22.2 Å². The zero-order chi connectivity index (χ0) is 31.6. The van der Waals surface area contributed by atoms with Crippen molar-refractivity contribution in [1.82, 2.24) is 15.0 Å². The van der Waals surface area contributed by atoms with Crippen molar-refractivity contribution in [2.24, 2.45) is 0 Å². The maximum atomic E-state index is 5.32. The van der Waals surface area contributed by atoms with Crippen LogP contribution in [0.15, 0.2) is 164 Å². The molecular formula is C45H27N3. The van der Waals surface area contributed by atoms with Crippen LogP contribution < -0.4 is 0 Å². The Labute approximate surface area is 276 Å². The molecule has 0 fully saturated rings. The van der Waals surface area contributed by atoms with Gasteiger partial charge in [-0.1, -0.05) is 127 Å².